The molecule has 0 saturated heterocycles. The molecule has 13 heavy (non-hydrogen) atoms. The minimum Gasteiger partial charge on any atom is -0.379 e. The zero-order valence-electron chi connectivity index (χ0n) is 8.01. The van der Waals surface area contributed by atoms with Crippen molar-refractivity contribution in [2.24, 2.45) is 5.92 Å². The molecule has 1 aromatic carbocycles. The molecular weight excluding hydrogens is 158 g/mol. The Bertz CT molecular complexity index is 314. The van der Waals surface area contributed by atoms with Crippen molar-refractivity contribution in [2.75, 3.05) is 5.32 Å². The van der Waals surface area contributed by atoms with E-state index in [2.05, 4.69) is 36.5 Å². The maximum absolute atomic E-state index is 3.67. The number of fused-ring (bicyclic) bond motifs is 1. The van der Waals surface area contributed by atoms with Crippen LogP contribution < -0.4 is 5.32 Å². The van der Waals surface area contributed by atoms with Gasteiger partial charge in [-0.05, 0) is 43.7 Å². The first kappa shape index (κ1) is 7.43. The molecule has 1 N–H and O–H groups in total. The van der Waals surface area contributed by atoms with Crippen molar-refractivity contribution in [2.45, 2.75) is 31.7 Å². The van der Waals surface area contributed by atoms with Crippen LogP contribution in [0.4, 0.5) is 5.69 Å². The van der Waals surface area contributed by atoms with Gasteiger partial charge in [0.2, 0.25) is 0 Å². The number of rotatable bonds is 1. The van der Waals surface area contributed by atoms with E-state index in [9.17, 15) is 0 Å². The first-order valence-corrected chi connectivity index (χ1v) is 5.14. The summed E-state index contributed by atoms with van der Waals surface area (Å²) in [5, 5.41) is 3.67. The lowest BCUT2D eigenvalue weighted by molar-refractivity contribution is 0.466. The molecule has 1 nitrogen and oxygen atoms in total. The summed E-state index contributed by atoms with van der Waals surface area (Å²) in [6.45, 7) is 2.37. The molecule has 0 bridgehead atoms. The molecule has 0 aromatic heterocycles. The molecule has 1 aromatic rings. The Kier molecular flexibility index (Phi) is 1.30. The van der Waals surface area contributed by atoms with Gasteiger partial charge in [0, 0.05) is 11.2 Å². The van der Waals surface area contributed by atoms with Crippen molar-refractivity contribution in [1.82, 2.24) is 0 Å². The molecule has 0 radical (unpaired) electrons. The van der Waals surface area contributed by atoms with Crippen LogP contribution in [0.1, 0.15) is 25.3 Å². The molecule has 0 spiro atoms. The summed E-state index contributed by atoms with van der Waals surface area (Å²) in [5.74, 6) is 0.917. The predicted molar refractivity (Wildman–Crippen MR) is 54.9 cm³/mol. The monoisotopic (exact) mass is 173 g/mol. The summed E-state index contributed by atoms with van der Waals surface area (Å²) in [6.07, 6.45) is 4.04. The van der Waals surface area contributed by atoms with Crippen molar-refractivity contribution in [3.63, 3.8) is 0 Å². The molecule has 1 heteroatoms. The first-order chi connectivity index (χ1) is 6.28. The molecule has 2 aliphatic rings. The van der Waals surface area contributed by atoms with E-state index in [1.807, 2.05) is 0 Å². The van der Waals surface area contributed by atoms with Gasteiger partial charge in [0.1, 0.15) is 0 Å². The second-order valence-corrected chi connectivity index (χ2v) is 4.65. The van der Waals surface area contributed by atoms with E-state index in [1.165, 1.54) is 30.5 Å². The van der Waals surface area contributed by atoms with E-state index >= 15 is 0 Å². The van der Waals surface area contributed by atoms with Crippen LogP contribution in [-0.2, 0) is 6.42 Å². The van der Waals surface area contributed by atoms with E-state index in [-0.39, 0.29) is 0 Å². The first-order valence-electron chi connectivity index (χ1n) is 5.14. The highest BCUT2D eigenvalue weighted by Gasteiger charge is 2.44. The van der Waals surface area contributed by atoms with Gasteiger partial charge in [-0.2, -0.15) is 0 Å². The molecular formula is C12H15N. The summed E-state index contributed by atoms with van der Waals surface area (Å²) in [6, 6.07) is 8.70. The molecule has 68 valence electrons. The lowest BCUT2D eigenvalue weighted by Crippen LogP contribution is -2.34. The Hall–Kier alpha value is -0.980. The molecule has 1 aliphatic carbocycles. The number of benzene rings is 1. The Morgan fingerprint density at radius 3 is 2.77 bits per heavy atom. The fraction of sp³-hybridized carbons (Fsp3) is 0.500. The van der Waals surface area contributed by atoms with Crippen LogP contribution in [0.3, 0.4) is 0 Å². The van der Waals surface area contributed by atoms with Crippen LogP contribution in [0.15, 0.2) is 24.3 Å². The summed E-state index contributed by atoms with van der Waals surface area (Å²) in [4.78, 5) is 0. The number of anilines is 1. The zero-order valence-corrected chi connectivity index (χ0v) is 8.01. The second kappa shape index (κ2) is 2.28. The van der Waals surface area contributed by atoms with E-state index < -0.39 is 0 Å². The van der Waals surface area contributed by atoms with Gasteiger partial charge in [-0.15, -0.1) is 0 Å². The SMILES string of the molecule is CC1(C2CC2)Cc2ccccc2N1. The van der Waals surface area contributed by atoms with Gasteiger partial charge in [0.15, 0.2) is 0 Å². The van der Waals surface area contributed by atoms with Crippen molar-refractivity contribution in [3.8, 4) is 0 Å². The number of hydrogen-bond donors (Lipinski definition) is 1. The highest BCUT2D eigenvalue weighted by Crippen LogP contribution is 2.47. The van der Waals surface area contributed by atoms with Crippen LogP contribution in [0.25, 0.3) is 0 Å². The molecule has 3 rings (SSSR count). The fourth-order valence-corrected chi connectivity index (χ4v) is 2.51. The quantitative estimate of drug-likeness (QED) is 0.688. The molecule has 1 atom stereocenters. The van der Waals surface area contributed by atoms with Crippen LogP contribution in [-0.4, -0.2) is 5.54 Å². The average molecular weight is 173 g/mol. The van der Waals surface area contributed by atoms with E-state index in [0.29, 0.717) is 5.54 Å². The lowest BCUT2D eigenvalue weighted by Gasteiger charge is -2.24. The molecule has 1 saturated carbocycles. The molecule has 0 amide bonds. The maximum Gasteiger partial charge on any atom is 0.0414 e. The standard InChI is InChI=1S/C12H15N/c1-12(10-6-7-10)8-9-4-2-3-5-11(9)13-12/h2-5,10,13H,6-8H2,1H3. The minimum atomic E-state index is 0.365. The van der Waals surface area contributed by atoms with Gasteiger partial charge in [0.25, 0.3) is 0 Å². The topological polar surface area (TPSA) is 12.0 Å². The number of hydrogen-bond acceptors (Lipinski definition) is 1. The van der Waals surface area contributed by atoms with Gasteiger partial charge in [-0.25, -0.2) is 0 Å². The molecule has 1 fully saturated rings. The Morgan fingerprint density at radius 1 is 1.31 bits per heavy atom. The second-order valence-electron chi connectivity index (χ2n) is 4.65. The van der Waals surface area contributed by atoms with Crippen LogP contribution in [0.2, 0.25) is 0 Å². The highest BCUT2D eigenvalue weighted by atomic mass is 15.0. The van der Waals surface area contributed by atoms with E-state index in [1.54, 1.807) is 0 Å². The van der Waals surface area contributed by atoms with Crippen molar-refractivity contribution in [3.05, 3.63) is 29.8 Å². The minimum absolute atomic E-state index is 0.365. The van der Waals surface area contributed by atoms with Crippen molar-refractivity contribution >= 4 is 5.69 Å². The molecule has 1 heterocycles. The third-order valence-corrected chi connectivity index (χ3v) is 3.47. The van der Waals surface area contributed by atoms with Crippen molar-refractivity contribution < 1.29 is 0 Å². The number of para-hydroxylation sites is 1. The van der Waals surface area contributed by atoms with Crippen LogP contribution in [0, 0.1) is 5.92 Å². The van der Waals surface area contributed by atoms with Gasteiger partial charge in [0.05, 0.1) is 0 Å². The number of nitrogens with one attached hydrogen (secondary N) is 1. The summed E-state index contributed by atoms with van der Waals surface area (Å²) >= 11 is 0. The zero-order chi connectivity index (χ0) is 8.89. The van der Waals surface area contributed by atoms with Crippen molar-refractivity contribution in [1.29, 1.82) is 0 Å². The predicted octanol–water partition coefficient (Wildman–Crippen LogP) is 2.82. The Balaban J connectivity index is 1.96. The van der Waals surface area contributed by atoms with Gasteiger partial charge in [-0.1, -0.05) is 18.2 Å². The smallest absolute Gasteiger partial charge is 0.0414 e. The highest BCUT2D eigenvalue weighted by molar-refractivity contribution is 5.59. The Morgan fingerprint density at radius 2 is 2.08 bits per heavy atom. The summed E-state index contributed by atoms with van der Waals surface area (Å²) < 4.78 is 0. The van der Waals surface area contributed by atoms with Crippen LogP contribution in [0.5, 0.6) is 0 Å². The lowest BCUT2D eigenvalue weighted by atomic mass is 9.92. The third kappa shape index (κ3) is 1.06. The Labute approximate surface area is 79.2 Å². The molecule has 1 aliphatic heterocycles. The maximum atomic E-state index is 3.67. The van der Waals surface area contributed by atoms with E-state index in [4.69, 9.17) is 0 Å². The van der Waals surface area contributed by atoms with Gasteiger partial charge in [-0.3, -0.25) is 0 Å². The van der Waals surface area contributed by atoms with Gasteiger partial charge < -0.3 is 5.32 Å². The summed E-state index contributed by atoms with van der Waals surface area (Å²) in [5.41, 5.74) is 3.22. The third-order valence-electron chi connectivity index (χ3n) is 3.47. The normalized spacial score (nSPS) is 31.2. The van der Waals surface area contributed by atoms with E-state index in [0.717, 1.165) is 5.92 Å². The van der Waals surface area contributed by atoms with Crippen LogP contribution >= 0.6 is 0 Å². The van der Waals surface area contributed by atoms with Gasteiger partial charge >= 0.3 is 0 Å². The largest absolute Gasteiger partial charge is 0.379 e. The summed E-state index contributed by atoms with van der Waals surface area (Å²) in [7, 11) is 0. The average Bonchev–Trinajstić information content (AvgIpc) is 2.88. The fourth-order valence-electron chi connectivity index (χ4n) is 2.51. The molecule has 1 unspecified atom stereocenters.